The van der Waals surface area contributed by atoms with Gasteiger partial charge in [-0.3, -0.25) is 34.0 Å². The van der Waals surface area contributed by atoms with E-state index in [4.69, 9.17) is 28.7 Å². The topological polar surface area (TPSA) is 288 Å². The van der Waals surface area contributed by atoms with Crippen molar-refractivity contribution in [3.63, 3.8) is 0 Å². The highest BCUT2D eigenvalue weighted by atomic mass is 16.2. The van der Waals surface area contributed by atoms with Crippen LogP contribution in [0.3, 0.4) is 0 Å². The molecule has 2 aromatic rings. The molecule has 0 unspecified atom stereocenters. The number of carbonyl (C=O) groups is 5. The summed E-state index contributed by atoms with van der Waals surface area (Å²) in [7, 11) is 0. The molecule has 0 saturated carbocycles. The first-order valence-corrected chi connectivity index (χ1v) is 15.7. The van der Waals surface area contributed by atoms with Crippen molar-refractivity contribution >= 4 is 52.2 Å². The lowest BCUT2D eigenvalue weighted by molar-refractivity contribution is -0.134. The summed E-state index contributed by atoms with van der Waals surface area (Å²) in [5, 5.41) is 12.8. The van der Waals surface area contributed by atoms with Crippen molar-refractivity contribution in [3.05, 3.63) is 60.2 Å². The van der Waals surface area contributed by atoms with Crippen LogP contribution in [-0.2, 0) is 30.4 Å². The molecule has 3 rings (SSSR count). The van der Waals surface area contributed by atoms with E-state index in [2.05, 4.69) is 31.3 Å². The zero-order valence-electron chi connectivity index (χ0n) is 26.7. The molecule has 0 aliphatic carbocycles. The molecule has 1 aliphatic rings. The third kappa shape index (κ3) is 12.3. The molecular weight excluding hydrogens is 618 g/mol. The molecule has 14 N–H and O–H groups in total. The smallest absolute Gasteiger partial charge is 0.243 e. The second-order valence-electron chi connectivity index (χ2n) is 11.4. The van der Waals surface area contributed by atoms with E-state index in [0.29, 0.717) is 12.8 Å². The van der Waals surface area contributed by atoms with Crippen LogP contribution in [0.25, 0.3) is 10.8 Å². The maximum Gasteiger partial charge on any atom is 0.243 e. The predicted molar refractivity (Wildman–Crippen MR) is 183 cm³/mol. The first kappa shape index (κ1) is 36.8. The van der Waals surface area contributed by atoms with E-state index >= 15 is 0 Å². The summed E-state index contributed by atoms with van der Waals surface area (Å²) >= 11 is 0. The van der Waals surface area contributed by atoms with Gasteiger partial charge in [-0.25, -0.2) is 0 Å². The number of allylic oxidation sites excluding steroid dienone is 1. The molecule has 1 aliphatic heterocycles. The molecule has 0 radical (unpaired) electrons. The van der Waals surface area contributed by atoms with Crippen LogP contribution < -0.4 is 49.9 Å². The zero-order valence-corrected chi connectivity index (χ0v) is 26.7. The van der Waals surface area contributed by atoms with E-state index in [1.807, 2.05) is 42.5 Å². The van der Waals surface area contributed by atoms with Gasteiger partial charge in [0.15, 0.2) is 11.9 Å². The van der Waals surface area contributed by atoms with Gasteiger partial charge in [0.25, 0.3) is 0 Å². The van der Waals surface area contributed by atoms with Crippen molar-refractivity contribution in [2.24, 2.45) is 38.7 Å². The fraction of sp³-hybridized carbons (Fsp3) is 0.406. The molecule has 0 saturated heterocycles. The van der Waals surface area contributed by atoms with Crippen molar-refractivity contribution in [3.8, 4) is 0 Å². The monoisotopic (exact) mass is 663 g/mol. The minimum absolute atomic E-state index is 0.0162. The molecule has 4 atom stereocenters. The van der Waals surface area contributed by atoms with Gasteiger partial charge in [-0.2, -0.15) is 0 Å². The van der Waals surface area contributed by atoms with E-state index in [0.717, 1.165) is 16.3 Å². The second kappa shape index (κ2) is 18.5. The van der Waals surface area contributed by atoms with Gasteiger partial charge >= 0.3 is 0 Å². The third-order valence-electron chi connectivity index (χ3n) is 7.57. The van der Waals surface area contributed by atoms with Gasteiger partial charge in [0.2, 0.25) is 29.5 Å². The average Bonchev–Trinajstić information content (AvgIpc) is 3.03. The number of carbonyl (C=O) groups excluding carboxylic acids is 5. The van der Waals surface area contributed by atoms with Crippen molar-refractivity contribution in [1.82, 2.24) is 21.3 Å². The predicted octanol–water partition coefficient (Wildman–Crippen LogP) is -1.74. The van der Waals surface area contributed by atoms with E-state index < -0.39 is 53.7 Å². The Labute approximate surface area is 278 Å². The molecule has 0 aromatic heterocycles. The Hall–Kier alpha value is -5.67. The van der Waals surface area contributed by atoms with Crippen LogP contribution in [0.5, 0.6) is 0 Å². The van der Waals surface area contributed by atoms with Gasteiger partial charge in [0.1, 0.15) is 24.2 Å². The summed E-state index contributed by atoms with van der Waals surface area (Å²) in [6.45, 7) is 0.194. The Morgan fingerprint density at radius 3 is 2.17 bits per heavy atom. The molecule has 258 valence electrons. The summed E-state index contributed by atoms with van der Waals surface area (Å²) < 4.78 is 0. The normalized spacial score (nSPS) is 21.3. The lowest BCUT2D eigenvalue weighted by Gasteiger charge is -2.26. The molecule has 16 heteroatoms. The average molecular weight is 664 g/mol. The molecule has 0 fully saturated rings. The van der Waals surface area contributed by atoms with Gasteiger partial charge < -0.3 is 49.9 Å². The van der Waals surface area contributed by atoms with Crippen LogP contribution in [0.2, 0.25) is 0 Å². The number of hydrogen-bond donors (Lipinski definition) is 9. The number of nitrogens with one attached hydrogen (secondary N) is 4. The lowest BCUT2D eigenvalue weighted by Crippen LogP contribution is -2.58. The number of guanidine groups is 2. The minimum atomic E-state index is -1.14. The fourth-order valence-corrected chi connectivity index (χ4v) is 5.08. The van der Waals surface area contributed by atoms with Crippen molar-refractivity contribution in [2.45, 2.75) is 69.1 Å². The number of rotatable bonds is 11. The summed E-state index contributed by atoms with van der Waals surface area (Å²) in [5.74, 6) is -3.43. The molecule has 0 bridgehead atoms. The number of amides is 5. The van der Waals surface area contributed by atoms with E-state index in [-0.39, 0.29) is 57.1 Å². The standard InChI is InChI=1S/C32H45N11O5/c33-27(45)22-9-2-1-3-10-23(40-26(44)14-16-39-32(36)37)28(46)42-24(11-6-15-38-31(34)35)29(47)43-25(30(48)41-22)18-19-12-13-20-7-4-5-8-21(20)17-19/h1,3-5,7-8,12-13,17,22-25H,2,6,9-11,14-16,18H2,(H2,33,45)(H,40,44)(H,41,48)(H,42,46)(H,43,47)(H4,34,35,38)(H4,36,37,39)/b3-1-/t22-,23+,24+,25+/m1/s1. The second-order valence-corrected chi connectivity index (χ2v) is 11.4. The molecule has 2 aromatic carbocycles. The quantitative estimate of drug-likeness (QED) is 0.0570. The Balaban J connectivity index is 1.93. The first-order valence-electron chi connectivity index (χ1n) is 15.7. The van der Waals surface area contributed by atoms with Crippen LogP contribution in [0, 0.1) is 0 Å². The zero-order chi connectivity index (χ0) is 35.1. The van der Waals surface area contributed by atoms with Gasteiger partial charge in [0.05, 0.1) is 6.54 Å². The molecule has 16 nitrogen and oxygen atoms in total. The SMILES string of the molecule is NC(=O)[C@H]1CC/C=C\C[C@H](NC(=O)CCN=C(N)N)C(=O)N[C@@H](CCCN=C(N)N)C(=O)N[C@@H](Cc2ccc3ccccc3c2)C(=O)N1. The number of fused-ring (bicyclic) bond motifs is 1. The van der Waals surface area contributed by atoms with Gasteiger partial charge in [-0.15, -0.1) is 0 Å². The van der Waals surface area contributed by atoms with E-state index in [9.17, 15) is 24.0 Å². The molecule has 48 heavy (non-hydrogen) atoms. The fourth-order valence-electron chi connectivity index (χ4n) is 5.08. The van der Waals surface area contributed by atoms with Crippen LogP contribution in [-0.4, -0.2) is 78.7 Å². The molecular formula is C32H45N11O5. The summed E-state index contributed by atoms with van der Waals surface area (Å²) in [6.07, 6.45) is 4.35. The number of nitrogens with two attached hydrogens (primary N) is 5. The number of nitrogens with zero attached hydrogens (tertiary/aromatic N) is 2. The van der Waals surface area contributed by atoms with Gasteiger partial charge in [0, 0.05) is 19.4 Å². The molecule has 0 spiro atoms. The summed E-state index contributed by atoms with van der Waals surface area (Å²) in [5.41, 5.74) is 27.9. The number of benzene rings is 2. The van der Waals surface area contributed by atoms with Crippen LogP contribution in [0.15, 0.2) is 64.6 Å². The maximum atomic E-state index is 13.8. The van der Waals surface area contributed by atoms with Crippen molar-refractivity contribution in [2.75, 3.05) is 13.1 Å². The summed E-state index contributed by atoms with van der Waals surface area (Å²) in [6, 6.07) is 9.01. The van der Waals surface area contributed by atoms with Crippen molar-refractivity contribution in [1.29, 1.82) is 0 Å². The van der Waals surface area contributed by atoms with Crippen LogP contribution in [0.1, 0.15) is 44.1 Å². The number of aliphatic imine (C=N–C) groups is 2. The third-order valence-corrected chi connectivity index (χ3v) is 7.57. The van der Waals surface area contributed by atoms with Crippen LogP contribution in [0.4, 0.5) is 0 Å². The summed E-state index contributed by atoms with van der Waals surface area (Å²) in [4.78, 5) is 73.7. The Bertz CT molecular complexity index is 1550. The van der Waals surface area contributed by atoms with E-state index in [1.165, 1.54) is 0 Å². The van der Waals surface area contributed by atoms with Crippen LogP contribution >= 0.6 is 0 Å². The Morgan fingerprint density at radius 1 is 0.792 bits per heavy atom. The largest absolute Gasteiger partial charge is 0.370 e. The Morgan fingerprint density at radius 2 is 1.46 bits per heavy atom. The number of primary amides is 1. The molecule has 1 heterocycles. The van der Waals surface area contributed by atoms with E-state index in [1.54, 1.807) is 12.2 Å². The molecule has 5 amide bonds. The lowest BCUT2D eigenvalue weighted by atomic mass is 10.00. The number of hydrogen-bond acceptors (Lipinski definition) is 7. The highest BCUT2D eigenvalue weighted by Crippen LogP contribution is 2.17. The Kier molecular flexibility index (Phi) is 14.2. The maximum absolute atomic E-state index is 13.8. The first-order chi connectivity index (χ1) is 22.9. The van der Waals surface area contributed by atoms with Crippen molar-refractivity contribution < 1.29 is 24.0 Å². The van der Waals surface area contributed by atoms with Gasteiger partial charge in [-0.1, -0.05) is 54.6 Å². The highest BCUT2D eigenvalue weighted by molar-refractivity contribution is 5.95. The highest BCUT2D eigenvalue weighted by Gasteiger charge is 2.31. The van der Waals surface area contributed by atoms with Gasteiger partial charge in [-0.05, 0) is 48.4 Å². The minimum Gasteiger partial charge on any atom is -0.370 e.